The number of hydrogen-bond donors (Lipinski definition) is 4. The summed E-state index contributed by atoms with van der Waals surface area (Å²) in [5, 5.41) is 30.4. The van der Waals surface area contributed by atoms with Crippen LogP contribution in [0.3, 0.4) is 0 Å². The minimum atomic E-state index is -0.740. The fourth-order valence-electron chi connectivity index (χ4n) is 22.0. The van der Waals surface area contributed by atoms with Crippen molar-refractivity contribution in [2.24, 2.45) is 55.7 Å². The summed E-state index contributed by atoms with van der Waals surface area (Å²) >= 11 is 0. The van der Waals surface area contributed by atoms with Gasteiger partial charge in [-0.3, -0.25) is 9.59 Å². The zero-order valence-corrected chi connectivity index (χ0v) is 48.1. The van der Waals surface area contributed by atoms with Gasteiger partial charge in [-0.25, -0.2) is 0 Å². The molecule has 9 heteroatoms. The van der Waals surface area contributed by atoms with Crippen LogP contribution in [0, 0.1) is 55.7 Å². The van der Waals surface area contributed by atoms with E-state index in [9.17, 15) is 10.2 Å². The molecule has 2 spiro atoms. The van der Waals surface area contributed by atoms with Crippen molar-refractivity contribution in [1.29, 1.82) is 0 Å². The van der Waals surface area contributed by atoms with Crippen LogP contribution in [0.4, 0.5) is 0 Å². The van der Waals surface area contributed by atoms with E-state index in [2.05, 4.69) is 93.9 Å². The van der Waals surface area contributed by atoms with Gasteiger partial charge in [0.1, 0.15) is 11.9 Å². The van der Waals surface area contributed by atoms with Crippen LogP contribution in [0.15, 0.2) is 41.7 Å². The SMILES string of the molecule is CNCC[C@]1(C)C(=O)CC2(CCCC2)[C@@]2(C)[C@H]3[C@H](O)[C@@H]4Cn5cc(Cc6cc(C7CCCCC7)cc(C7CCOCC7)c6)c6[nH]cc(c65)CC[C@@](C)(C[C@@H](O)[C@H]5OC5(C)C)C5=C4[C@](C)(CC5=O)[C@@]3(C)CC3(CCCC3)[C@H]21. The molecule has 7 aliphatic carbocycles. The lowest BCUT2D eigenvalue weighted by Gasteiger charge is -2.78. The van der Waals surface area contributed by atoms with Crippen LogP contribution in [-0.2, 0) is 38.4 Å². The Bertz CT molecular complexity index is 2770. The van der Waals surface area contributed by atoms with Gasteiger partial charge in [0.05, 0.1) is 28.8 Å². The Morgan fingerprint density at radius 3 is 2.18 bits per heavy atom. The number of Topliss-reactive ketones (excluding diaryl/α,β-unsaturated/α-hetero) is 2. The Balaban J connectivity index is 0.996. The predicted molar refractivity (Wildman–Crippen MR) is 300 cm³/mol. The van der Waals surface area contributed by atoms with Crippen molar-refractivity contribution in [2.45, 2.75) is 238 Å². The predicted octanol–water partition coefficient (Wildman–Crippen LogP) is 13.0. The van der Waals surface area contributed by atoms with Gasteiger partial charge in [0.2, 0.25) is 0 Å². The molecule has 3 aliphatic heterocycles. The highest BCUT2D eigenvalue weighted by Gasteiger charge is 2.81. The topological polar surface area (TPSA) is 129 Å². The van der Waals surface area contributed by atoms with E-state index in [0.717, 1.165) is 102 Å². The smallest absolute Gasteiger partial charge is 0.160 e. The number of ether oxygens (including phenoxy) is 2. The fourth-order valence-corrected chi connectivity index (χ4v) is 22.0. The van der Waals surface area contributed by atoms with E-state index in [1.807, 2.05) is 7.05 Å². The largest absolute Gasteiger partial charge is 0.392 e. The average molecular weight is 1040 g/mol. The summed E-state index contributed by atoms with van der Waals surface area (Å²) in [7, 11) is 2.04. The monoisotopic (exact) mass is 1040 g/mol. The normalized spacial score (nSPS) is 39.2. The maximum Gasteiger partial charge on any atom is 0.160 e. The second kappa shape index (κ2) is 18.2. The average Bonchev–Trinajstić information content (AvgIpc) is 4.19. The Morgan fingerprint density at radius 2 is 1.51 bits per heavy atom. The highest BCUT2D eigenvalue weighted by Crippen LogP contribution is 2.84. The third-order valence-corrected chi connectivity index (χ3v) is 25.3. The van der Waals surface area contributed by atoms with Gasteiger partial charge >= 0.3 is 0 Å². The van der Waals surface area contributed by atoms with E-state index < -0.39 is 39.5 Å². The van der Waals surface area contributed by atoms with Gasteiger partial charge in [-0.1, -0.05) is 97.8 Å². The van der Waals surface area contributed by atoms with Crippen LogP contribution >= 0.6 is 0 Å². The third-order valence-electron chi connectivity index (χ3n) is 25.3. The Hall–Kier alpha value is -3.08. The number of aromatic amines is 1. The van der Waals surface area contributed by atoms with Crippen molar-refractivity contribution < 1.29 is 29.3 Å². The van der Waals surface area contributed by atoms with Crippen molar-refractivity contribution in [2.75, 3.05) is 26.8 Å². The van der Waals surface area contributed by atoms with Gasteiger partial charge in [0.15, 0.2) is 5.78 Å². The van der Waals surface area contributed by atoms with Crippen LogP contribution < -0.4 is 5.32 Å². The molecule has 0 radical (unpaired) electrons. The summed E-state index contributed by atoms with van der Waals surface area (Å²) in [6.07, 6.45) is 26.1. The number of aliphatic hydroxyl groups is 2. The molecule has 13 rings (SSSR count). The summed E-state index contributed by atoms with van der Waals surface area (Å²) in [6.45, 7) is 19.5. The summed E-state index contributed by atoms with van der Waals surface area (Å²) in [5.74, 6) is 1.52. The third kappa shape index (κ3) is 7.51. The highest BCUT2D eigenvalue weighted by atomic mass is 16.6. The molecule has 11 atom stereocenters. The zero-order valence-electron chi connectivity index (χ0n) is 48.1. The summed E-state index contributed by atoms with van der Waals surface area (Å²) in [6, 6.07) is 7.65. The molecule has 9 nitrogen and oxygen atoms in total. The Labute approximate surface area is 455 Å². The molecule has 4 N–H and O–H groups in total. The number of nitrogens with zero attached hydrogens (tertiary/aromatic N) is 1. The molecule has 0 bridgehead atoms. The van der Waals surface area contributed by atoms with Crippen molar-refractivity contribution in [3.8, 4) is 0 Å². The summed E-state index contributed by atoms with van der Waals surface area (Å²) in [4.78, 5) is 35.3. The second-order valence-corrected chi connectivity index (χ2v) is 29.8. The van der Waals surface area contributed by atoms with Crippen LogP contribution in [0.25, 0.3) is 11.0 Å². The number of aryl methyl sites for hydroxylation is 1. The number of epoxide rings is 1. The zero-order chi connectivity index (χ0) is 53.0. The minimum Gasteiger partial charge on any atom is -0.392 e. The van der Waals surface area contributed by atoms with Gasteiger partial charge in [-0.15, -0.1) is 0 Å². The lowest BCUT2D eigenvalue weighted by Crippen LogP contribution is -2.76. The number of ketones is 2. The number of carbonyl (C=O) groups is 2. The van der Waals surface area contributed by atoms with Gasteiger partial charge < -0.3 is 34.6 Å². The number of aromatic nitrogens is 2. The van der Waals surface area contributed by atoms with Crippen LogP contribution in [0.5, 0.6) is 0 Å². The van der Waals surface area contributed by atoms with Crippen molar-refractivity contribution in [3.63, 3.8) is 0 Å². The van der Waals surface area contributed by atoms with Crippen molar-refractivity contribution in [1.82, 2.24) is 14.9 Å². The first kappa shape index (κ1) is 52.3. The van der Waals surface area contributed by atoms with Gasteiger partial charge in [-0.05, 0) is 195 Å². The lowest BCUT2D eigenvalue weighted by atomic mass is 9.26. The minimum absolute atomic E-state index is 0.0685. The molecular formula is C67H95N3O6. The summed E-state index contributed by atoms with van der Waals surface area (Å²) < 4.78 is 14.6. The number of hydrogen-bond acceptors (Lipinski definition) is 7. The molecule has 0 amide bonds. The number of fused-ring (bicyclic) bond motifs is 6. The molecule has 0 unspecified atom stereocenters. The number of allylic oxidation sites excluding steroid dienone is 1. The van der Waals surface area contributed by atoms with Gasteiger partial charge in [0.25, 0.3) is 0 Å². The highest BCUT2D eigenvalue weighted by molar-refractivity contribution is 6.02. The molecule has 2 aromatic heterocycles. The quantitative estimate of drug-likeness (QED) is 0.149. The van der Waals surface area contributed by atoms with Gasteiger partial charge in [0, 0.05) is 73.7 Å². The maximum absolute atomic E-state index is 16.0. The number of carbonyl (C=O) groups excluding carboxylic acids is 2. The number of rotatable bonds is 10. The first-order chi connectivity index (χ1) is 36.2. The Morgan fingerprint density at radius 1 is 0.842 bits per heavy atom. The van der Waals surface area contributed by atoms with E-state index in [0.29, 0.717) is 49.8 Å². The first-order valence-electron chi connectivity index (χ1n) is 31.1. The van der Waals surface area contributed by atoms with Crippen LogP contribution in [0.1, 0.15) is 223 Å². The molecule has 5 heterocycles. The number of nitrogens with one attached hydrogen (secondary N) is 2. The molecule has 76 heavy (non-hydrogen) atoms. The van der Waals surface area contributed by atoms with E-state index in [1.165, 1.54) is 89.4 Å². The second-order valence-electron chi connectivity index (χ2n) is 29.8. The van der Waals surface area contributed by atoms with Crippen LogP contribution in [0.2, 0.25) is 0 Å². The Kier molecular flexibility index (Phi) is 12.5. The molecule has 2 saturated heterocycles. The summed E-state index contributed by atoms with van der Waals surface area (Å²) in [5.41, 5.74) is 8.35. The molecule has 3 aromatic rings. The van der Waals surface area contributed by atoms with Crippen LogP contribution in [-0.4, -0.2) is 82.0 Å². The van der Waals surface area contributed by atoms with Crippen molar-refractivity contribution in [3.05, 3.63) is 69.6 Å². The standard InChI is InChI=1S/C67H95N3O6/c1-60(2)58(76-60)50(72)34-61(3)25-18-44-37-69-54-47(32-41-30-45(42-16-10-9-11-17-42)33-46(31-41)43-19-28-75-29-20-43)38-70(55(44)54)39-48-52-53(61)49(71)35-63(52,5)64(6)40-66(21-12-13-22-66)59-62(4,26-27-68-8)51(73)36-67(23-14-15-24-67)65(59,7)57(64)56(48)74/h30-31,33,37-38,42-43,48,50,56-59,68-69,72,74H,9-29,32,34-36,39-40H2,1-8H3/t48-,50-,56-,57+,58-,59+,61+,62-,63+,64+,65+/m1/s1. The molecule has 10 aliphatic rings. The maximum atomic E-state index is 16.0. The van der Waals surface area contributed by atoms with E-state index >= 15 is 9.59 Å². The van der Waals surface area contributed by atoms with Gasteiger partial charge in [-0.2, -0.15) is 0 Å². The number of H-pyrrole nitrogens is 1. The molecule has 8 fully saturated rings. The van der Waals surface area contributed by atoms with E-state index in [4.69, 9.17) is 9.47 Å². The molecule has 414 valence electrons. The first-order valence-corrected chi connectivity index (χ1v) is 31.1. The van der Waals surface area contributed by atoms with E-state index in [-0.39, 0.29) is 45.9 Å². The number of aliphatic hydroxyl groups excluding tert-OH is 2. The number of benzene rings is 1. The van der Waals surface area contributed by atoms with Crippen molar-refractivity contribution >= 4 is 22.6 Å². The lowest BCUT2D eigenvalue weighted by molar-refractivity contribution is -0.299. The van der Waals surface area contributed by atoms with E-state index in [1.54, 1.807) is 0 Å². The molecule has 1 aromatic carbocycles. The molecule has 6 saturated carbocycles. The fraction of sp³-hybridized carbons (Fsp3) is 0.761. The molecular weight excluding hydrogens is 943 g/mol.